The summed E-state index contributed by atoms with van der Waals surface area (Å²) in [4.78, 5) is 0. The number of benzene rings is 3. The molecule has 0 radical (unpaired) electrons. The highest BCUT2D eigenvalue weighted by Crippen LogP contribution is 2.46. The molecule has 3 aromatic carbocycles. The third-order valence-corrected chi connectivity index (χ3v) is 7.87. The van der Waals surface area contributed by atoms with Gasteiger partial charge in [0.25, 0.3) is 0 Å². The van der Waals surface area contributed by atoms with E-state index in [2.05, 4.69) is 96.0 Å². The van der Waals surface area contributed by atoms with Crippen LogP contribution in [0, 0.1) is 34.3 Å². The Bertz CT molecular complexity index is 1670. The van der Waals surface area contributed by atoms with Crippen LogP contribution in [-0.4, -0.2) is 0 Å². The molecule has 7 rings (SSSR count). The summed E-state index contributed by atoms with van der Waals surface area (Å²) in [5.41, 5.74) is 11.8. The van der Waals surface area contributed by atoms with Crippen LogP contribution in [0.2, 0.25) is 0 Å². The maximum atomic E-state index is 8.49. The second-order valence-corrected chi connectivity index (χ2v) is 11.6. The van der Waals surface area contributed by atoms with Crippen molar-refractivity contribution in [1.29, 1.82) is 0 Å². The van der Waals surface area contributed by atoms with Crippen LogP contribution in [0.15, 0.2) is 73.1 Å². The van der Waals surface area contributed by atoms with Crippen LogP contribution >= 0.6 is 0 Å². The number of halogens is 2. The van der Waals surface area contributed by atoms with E-state index in [0.29, 0.717) is 0 Å². The molecule has 5 aromatic rings. The van der Waals surface area contributed by atoms with Gasteiger partial charge in [-0.2, -0.15) is 9.13 Å². The first kappa shape index (κ1) is 30.2. The molecule has 0 bridgehead atoms. The Hall–Kier alpha value is -3.26. The lowest BCUT2D eigenvalue weighted by atomic mass is 9.78. The molecule has 0 spiro atoms. The first-order valence-electron chi connectivity index (χ1n) is 12.9. The average molecular weight is 613 g/mol. The fraction of sp³-hybridized carbons (Fsp3) is 0.200. The van der Waals surface area contributed by atoms with E-state index in [1.54, 1.807) is 11.1 Å². The fourth-order valence-electron chi connectivity index (χ4n) is 6.19. The first-order chi connectivity index (χ1) is 19.7. The van der Waals surface area contributed by atoms with Crippen molar-refractivity contribution in [3.8, 4) is 22.5 Å². The second kappa shape index (κ2) is 11.4. The van der Waals surface area contributed by atoms with Crippen LogP contribution in [0.4, 0.5) is 0 Å². The molecule has 0 N–H and O–H groups in total. The Morgan fingerprint density at radius 3 is 1.21 bits per heavy atom. The molecule has 0 saturated carbocycles. The number of aryl methyl sites for hydroxylation is 2. The molecule has 0 fully saturated rings. The van der Waals surface area contributed by atoms with Gasteiger partial charge in [-0.1, -0.05) is 36.4 Å². The summed E-state index contributed by atoms with van der Waals surface area (Å²) in [6.07, 6.45) is 6.77. The van der Waals surface area contributed by atoms with Gasteiger partial charge in [0, 0.05) is 25.0 Å². The monoisotopic (exact) mass is 612 g/mol. The van der Waals surface area contributed by atoms with Gasteiger partial charge in [-0.25, -0.2) is 37.3 Å². The largest absolute Gasteiger partial charge is 0.222 e. The minimum atomic E-state index is -4.94. The molecule has 12 heteroatoms. The predicted molar refractivity (Wildman–Crippen MR) is 130 cm³/mol. The van der Waals surface area contributed by atoms with Gasteiger partial charge in [-0.05, 0) is 59.0 Å². The van der Waals surface area contributed by atoms with Crippen molar-refractivity contribution >= 4 is 21.5 Å². The Kier molecular flexibility index (Phi) is 8.23. The van der Waals surface area contributed by atoms with E-state index in [4.69, 9.17) is 37.3 Å². The number of fused-ring (bicyclic) bond motifs is 11. The smallest absolute Gasteiger partial charge is 0.221 e. The van der Waals surface area contributed by atoms with E-state index in [1.807, 2.05) is 0 Å². The highest BCUT2D eigenvalue weighted by atomic mass is 35.7. The quantitative estimate of drug-likeness (QED) is 0.158. The van der Waals surface area contributed by atoms with Crippen LogP contribution in [0.5, 0.6) is 0 Å². The number of nitrogens with zero attached hydrogens (tertiary/aromatic N) is 2. The van der Waals surface area contributed by atoms with E-state index in [9.17, 15) is 0 Å². The van der Waals surface area contributed by atoms with Gasteiger partial charge in [0.15, 0.2) is 25.5 Å². The topological polar surface area (TPSA) is 192 Å². The maximum absolute atomic E-state index is 8.49. The third-order valence-electron chi connectivity index (χ3n) is 7.87. The van der Waals surface area contributed by atoms with Gasteiger partial charge >= 0.3 is 0 Å². The minimum Gasteiger partial charge on any atom is -0.222 e. The van der Waals surface area contributed by atoms with Crippen molar-refractivity contribution < 1.29 is 66.9 Å². The summed E-state index contributed by atoms with van der Waals surface area (Å²) in [7, 11) is -9.89. The zero-order valence-electron chi connectivity index (χ0n) is 22.7. The summed E-state index contributed by atoms with van der Waals surface area (Å²) in [5, 5.41) is 5.36. The van der Waals surface area contributed by atoms with E-state index < -0.39 is 20.5 Å². The Morgan fingerprint density at radius 1 is 0.524 bits per heavy atom. The van der Waals surface area contributed by atoms with Crippen molar-refractivity contribution in [3.05, 3.63) is 95.3 Å². The van der Waals surface area contributed by atoms with Gasteiger partial charge in [-0.3, -0.25) is 0 Å². The maximum Gasteiger partial charge on any atom is 0.221 e. The standard InChI is InChI=1S/C30H26N2.2ClHO4/c1-19-20(2)24-14-18-32-16-12-22-8-4-6-10-26(22)30(32)28(24)27-23(19)13-17-31-15-11-21-7-3-5-9-25(21)29(27)31;2*2-1(3,4)5/h3-12,15-16H,13-14,17-18H2,1-2H3;2*(H,2,3,4,5)/q+2;;/p-2. The average Bonchev–Trinajstić information content (AvgIpc) is 2.92. The fourth-order valence-corrected chi connectivity index (χ4v) is 6.19. The molecule has 218 valence electrons. The predicted octanol–water partition coefficient (Wildman–Crippen LogP) is -3.88. The van der Waals surface area contributed by atoms with Crippen LogP contribution in [0.1, 0.15) is 22.3 Å². The van der Waals surface area contributed by atoms with Crippen molar-refractivity contribution in [3.63, 3.8) is 0 Å². The second-order valence-electron chi connectivity index (χ2n) is 10.1. The van der Waals surface area contributed by atoms with Gasteiger partial charge in [0.2, 0.25) is 11.4 Å². The molecule has 4 heterocycles. The summed E-state index contributed by atoms with van der Waals surface area (Å²) in [5.74, 6) is 0. The molecule has 0 saturated heterocycles. The highest BCUT2D eigenvalue weighted by molar-refractivity contribution is 6.03. The molecular formula is C30H26Cl2N2O8. The van der Waals surface area contributed by atoms with Crippen molar-refractivity contribution in [2.45, 2.75) is 39.8 Å². The van der Waals surface area contributed by atoms with Crippen molar-refractivity contribution in [2.75, 3.05) is 0 Å². The molecular weight excluding hydrogens is 587 g/mol. The van der Waals surface area contributed by atoms with E-state index in [-0.39, 0.29) is 0 Å². The van der Waals surface area contributed by atoms with Crippen molar-refractivity contribution in [2.24, 2.45) is 0 Å². The Balaban J connectivity index is 0.000000308. The third kappa shape index (κ3) is 6.24. The Morgan fingerprint density at radius 2 is 0.857 bits per heavy atom. The zero-order valence-corrected chi connectivity index (χ0v) is 24.2. The number of hydrogen-bond acceptors (Lipinski definition) is 8. The van der Waals surface area contributed by atoms with Gasteiger partial charge in [0.1, 0.15) is 0 Å². The van der Waals surface area contributed by atoms with Crippen LogP contribution < -0.4 is 46.4 Å². The number of hydrogen-bond donors (Lipinski definition) is 0. The summed E-state index contributed by atoms with van der Waals surface area (Å²) in [6.45, 7) is 6.78. The van der Waals surface area contributed by atoms with E-state index in [0.717, 1.165) is 25.9 Å². The summed E-state index contributed by atoms with van der Waals surface area (Å²) >= 11 is 0. The van der Waals surface area contributed by atoms with Gasteiger partial charge < -0.3 is 0 Å². The normalized spacial score (nSPS) is 13.6. The van der Waals surface area contributed by atoms with Crippen LogP contribution in [0.3, 0.4) is 0 Å². The lowest BCUT2D eigenvalue weighted by Crippen LogP contribution is -2.68. The molecule has 10 nitrogen and oxygen atoms in total. The Labute approximate surface area is 245 Å². The number of aromatic nitrogens is 2. The molecule has 0 atom stereocenters. The highest BCUT2D eigenvalue weighted by Gasteiger charge is 2.37. The van der Waals surface area contributed by atoms with Crippen molar-refractivity contribution in [1.82, 2.24) is 0 Å². The van der Waals surface area contributed by atoms with Gasteiger partial charge in [-0.15, -0.1) is 20.5 Å². The molecule has 0 unspecified atom stereocenters. The molecule has 2 aromatic heterocycles. The first-order valence-corrected chi connectivity index (χ1v) is 15.4. The summed E-state index contributed by atoms with van der Waals surface area (Å²) in [6, 6.07) is 22.3. The molecule has 42 heavy (non-hydrogen) atoms. The van der Waals surface area contributed by atoms with Gasteiger partial charge in [0.05, 0.1) is 21.9 Å². The number of rotatable bonds is 0. The molecule has 0 amide bonds. The summed E-state index contributed by atoms with van der Waals surface area (Å²) < 4.78 is 72.9. The van der Waals surface area contributed by atoms with Crippen LogP contribution in [0.25, 0.3) is 44.1 Å². The molecule has 2 aliphatic heterocycles. The minimum absolute atomic E-state index is 1.04. The number of pyridine rings is 2. The van der Waals surface area contributed by atoms with E-state index >= 15 is 0 Å². The van der Waals surface area contributed by atoms with Crippen LogP contribution in [-0.2, 0) is 25.9 Å². The lowest BCUT2D eigenvalue weighted by molar-refractivity contribution is -2.00. The molecule has 0 aliphatic carbocycles. The SMILES string of the molecule is Cc1c(C)c2c(c3c1CC[n+]1ccc4ccccc4c1-3)-c1c3ccccc3cc[n+]1CC2.[O-][Cl+3]([O-])([O-])[O-].[O-][Cl+3]([O-])([O-])[O-]. The van der Waals surface area contributed by atoms with E-state index in [1.165, 1.54) is 55.2 Å². The lowest BCUT2D eigenvalue weighted by Gasteiger charge is -2.27. The zero-order chi connectivity index (χ0) is 30.4. The molecule has 2 aliphatic rings.